The molecular formula is C8H7N3O. The molecule has 2 rings (SSSR count). The first kappa shape index (κ1) is 6.97. The first-order chi connectivity index (χ1) is 5.90. The van der Waals surface area contributed by atoms with Gasteiger partial charge in [-0.3, -0.25) is 0 Å². The van der Waals surface area contributed by atoms with Gasteiger partial charge < -0.3 is 4.79 Å². The van der Waals surface area contributed by atoms with Crippen LogP contribution in [0.3, 0.4) is 0 Å². The molecule has 0 aromatic carbocycles. The van der Waals surface area contributed by atoms with Gasteiger partial charge >= 0.3 is 0 Å². The zero-order valence-corrected chi connectivity index (χ0v) is 6.34. The van der Waals surface area contributed by atoms with Gasteiger partial charge in [-0.25, -0.2) is 9.50 Å². The Balaban J connectivity index is 2.54. The van der Waals surface area contributed by atoms with Crippen molar-refractivity contribution in [1.29, 1.82) is 0 Å². The molecule has 2 aromatic heterocycles. The van der Waals surface area contributed by atoms with Crippen LogP contribution in [-0.2, 0) is 11.2 Å². The standard InChI is InChI=1S/C8H7N3O/c12-2-1-7-3-8-4-9-6-10-11(8)5-7/h2-6H,1H2. The van der Waals surface area contributed by atoms with E-state index >= 15 is 0 Å². The summed E-state index contributed by atoms with van der Waals surface area (Å²) in [5.41, 5.74) is 1.87. The molecule has 0 fully saturated rings. The molecule has 0 spiro atoms. The average Bonchev–Trinajstić information content (AvgIpc) is 2.47. The highest BCUT2D eigenvalue weighted by Gasteiger charge is 1.97. The number of hydrogen-bond donors (Lipinski definition) is 0. The Morgan fingerprint density at radius 2 is 2.50 bits per heavy atom. The molecule has 0 saturated carbocycles. The molecule has 4 heteroatoms. The van der Waals surface area contributed by atoms with Crippen LogP contribution in [0.4, 0.5) is 0 Å². The summed E-state index contributed by atoms with van der Waals surface area (Å²) in [6.07, 6.45) is 6.32. The van der Waals surface area contributed by atoms with E-state index in [1.165, 1.54) is 6.33 Å². The van der Waals surface area contributed by atoms with Gasteiger partial charge in [-0.05, 0) is 11.6 Å². The highest BCUT2D eigenvalue weighted by atomic mass is 16.1. The summed E-state index contributed by atoms with van der Waals surface area (Å²) in [7, 11) is 0. The lowest BCUT2D eigenvalue weighted by Gasteiger charge is -1.86. The van der Waals surface area contributed by atoms with Gasteiger partial charge in [0.15, 0.2) is 0 Å². The van der Waals surface area contributed by atoms with Crippen LogP contribution in [0.5, 0.6) is 0 Å². The highest BCUT2D eigenvalue weighted by Crippen LogP contribution is 2.06. The maximum Gasteiger partial charge on any atom is 0.136 e. The van der Waals surface area contributed by atoms with E-state index in [-0.39, 0.29) is 0 Å². The fraction of sp³-hybridized carbons (Fsp3) is 0.125. The minimum Gasteiger partial charge on any atom is -0.303 e. The molecule has 0 amide bonds. The lowest BCUT2D eigenvalue weighted by Crippen LogP contribution is -1.88. The van der Waals surface area contributed by atoms with E-state index in [0.29, 0.717) is 6.42 Å². The highest BCUT2D eigenvalue weighted by molar-refractivity contribution is 5.58. The van der Waals surface area contributed by atoms with E-state index in [0.717, 1.165) is 17.4 Å². The van der Waals surface area contributed by atoms with E-state index in [2.05, 4.69) is 10.1 Å². The third kappa shape index (κ3) is 1.07. The number of aromatic nitrogens is 3. The predicted molar refractivity (Wildman–Crippen MR) is 42.8 cm³/mol. The summed E-state index contributed by atoms with van der Waals surface area (Å²) in [5, 5.41) is 3.97. The van der Waals surface area contributed by atoms with Crippen LogP contribution in [0.2, 0.25) is 0 Å². The Hall–Kier alpha value is -1.71. The molecule has 0 unspecified atom stereocenters. The van der Waals surface area contributed by atoms with Gasteiger partial charge in [-0.1, -0.05) is 0 Å². The van der Waals surface area contributed by atoms with Gasteiger partial charge in [0, 0.05) is 12.6 Å². The number of fused-ring (bicyclic) bond motifs is 1. The Morgan fingerprint density at radius 1 is 1.58 bits per heavy atom. The molecule has 2 heterocycles. The van der Waals surface area contributed by atoms with E-state index in [4.69, 9.17) is 0 Å². The summed E-state index contributed by atoms with van der Waals surface area (Å²) in [6, 6.07) is 1.90. The Bertz CT molecular complexity index is 374. The fourth-order valence-electron chi connectivity index (χ4n) is 1.12. The van der Waals surface area contributed by atoms with Crippen molar-refractivity contribution in [1.82, 2.24) is 14.6 Å². The number of hydrogen-bond acceptors (Lipinski definition) is 3. The maximum atomic E-state index is 10.2. The normalized spacial score (nSPS) is 10.3. The molecule has 2 aromatic rings. The second-order valence-corrected chi connectivity index (χ2v) is 2.50. The average molecular weight is 161 g/mol. The molecule has 0 aliphatic carbocycles. The minimum absolute atomic E-state index is 0.434. The van der Waals surface area contributed by atoms with Gasteiger partial charge in [-0.15, -0.1) is 0 Å². The van der Waals surface area contributed by atoms with Crippen molar-refractivity contribution in [2.24, 2.45) is 0 Å². The summed E-state index contributed by atoms with van der Waals surface area (Å²) < 4.78 is 1.70. The van der Waals surface area contributed by atoms with E-state index in [1.54, 1.807) is 10.7 Å². The monoisotopic (exact) mass is 161 g/mol. The summed E-state index contributed by atoms with van der Waals surface area (Å²) in [4.78, 5) is 14.1. The fourth-order valence-corrected chi connectivity index (χ4v) is 1.12. The molecule has 4 nitrogen and oxygen atoms in total. The third-order valence-electron chi connectivity index (χ3n) is 1.65. The number of carbonyl (C=O) groups is 1. The molecule has 0 saturated heterocycles. The zero-order valence-electron chi connectivity index (χ0n) is 6.34. The maximum absolute atomic E-state index is 10.2. The predicted octanol–water partition coefficient (Wildman–Crippen LogP) is 0.471. The first-order valence-corrected chi connectivity index (χ1v) is 3.61. The molecule has 0 radical (unpaired) electrons. The van der Waals surface area contributed by atoms with Crippen molar-refractivity contribution in [3.8, 4) is 0 Å². The number of aldehydes is 1. The van der Waals surface area contributed by atoms with Crippen molar-refractivity contribution < 1.29 is 4.79 Å². The SMILES string of the molecule is O=CCc1cc2cncnn2c1. The first-order valence-electron chi connectivity index (χ1n) is 3.61. The van der Waals surface area contributed by atoms with Crippen molar-refractivity contribution in [2.45, 2.75) is 6.42 Å². The largest absolute Gasteiger partial charge is 0.303 e. The second kappa shape index (κ2) is 2.73. The van der Waals surface area contributed by atoms with Crippen molar-refractivity contribution >= 4 is 11.8 Å². The van der Waals surface area contributed by atoms with Gasteiger partial charge in [-0.2, -0.15) is 5.10 Å². The number of carbonyl (C=O) groups excluding carboxylic acids is 1. The molecule has 0 aliphatic rings. The van der Waals surface area contributed by atoms with E-state index in [1.807, 2.05) is 12.3 Å². The van der Waals surface area contributed by atoms with Crippen molar-refractivity contribution in [3.63, 3.8) is 0 Å². The van der Waals surface area contributed by atoms with Crippen LogP contribution in [0.25, 0.3) is 5.52 Å². The summed E-state index contributed by atoms with van der Waals surface area (Å²) >= 11 is 0. The van der Waals surface area contributed by atoms with E-state index < -0.39 is 0 Å². The van der Waals surface area contributed by atoms with Crippen LogP contribution in [0, 0.1) is 0 Å². The smallest absolute Gasteiger partial charge is 0.136 e. The van der Waals surface area contributed by atoms with Crippen molar-refractivity contribution in [3.05, 3.63) is 30.4 Å². The molecule has 0 atom stereocenters. The Labute approximate surface area is 68.8 Å². The third-order valence-corrected chi connectivity index (χ3v) is 1.65. The topological polar surface area (TPSA) is 47.3 Å². The van der Waals surface area contributed by atoms with Gasteiger partial charge in [0.2, 0.25) is 0 Å². The van der Waals surface area contributed by atoms with Crippen LogP contribution < -0.4 is 0 Å². The summed E-state index contributed by atoms with van der Waals surface area (Å²) in [6.45, 7) is 0. The Morgan fingerprint density at radius 3 is 3.25 bits per heavy atom. The zero-order chi connectivity index (χ0) is 8.39. The van der Waals surface area contributed by atoms with Crippen LogP contribution >= 0.6 is 0 Å². The Kier molecular flexibility index (Phi) is 1.59. The van der Waals surface area contributed by atoms with Crippen LogP contribution in [0.15, 0.2) is 24.8 Å². The van der Waals surface area contributed by atoms with Crippen LogP contribution in [-0.4, -0.2) is 20.9 Å². The van der Waals surface area contributed by atoms with Crippen molar-refractivity contribution in [2.75, 3.05) is 0 Å². The van der Waals surface area contributed by atoms with Gasteiger partial charge in [0.25, 0.3) is 0 Å². The van der Waals surface area contributed by atoms with Crippen LogP contribution in [0.1, 0.15) is 5.56 Å². The number of nitrogens with zero attached hydrogens (tertiary/aromatic N) is 3. The number of rotatable bonds is 2. The van der Waals surface area contributed by atoms with Gasteiger partial charge in [0.05, 0.1) is 11.7 Å². The van der Waals surface area contributed by atoms with Gasteiger partial charge in [0.1, 0.15) is 12.6 Å². The van der Waals surface area contributed by atoms with E-state index in [9.17, 15) is 4.79 Å². The quantitative estimate of drug-likeness (QED) is 0.601. The molecule has 12 heavy (non-hydrogen) atoms. The molecule has 0 bridgehead atoms. The lowest BCUT2D eigenvalue weighted by atomic mass is 10.2. The molecule has 0 N–H and O–H groups in total. The molecule has 0 aliphatic heterocycles. The molecule has 60 valence electrons. The summed E-state index contributed by atoms with van der Waals surface area (Å²) in [5.74, 6) is 0. The second-order valence-electron chi connectivity index (χ2n) is 2.50. The molecular weight excluding hydrogens is 154 g/mol. The lowest BCUT2D eigenvalue weighted by molar-refractivity contribution is -0.107. The minimum atomic E-state index is 0.434.